The molecule has 21 heavy (non-hydrogen) atoms. The number of carbonyl (C=O) groups is 1. The predicted molar refractivity (Wildman–Crippen MR) is 80.0 cm³/mol. The first-order chi connectivity index (χ1) is 10.1. The molecule has 0 N–H and O–H groups in total. The summed E-state index contributed by atoms with van der Waals surface area (Å²) in [4.78, 5) is 12.9. The van der Waals surface area contributed by atoms with Crippen LogP contribution in [0.1, 0.15) is 30.3 Å². The van der Waals surface area contributed by atoms with Gasteiger partial charge in [-0.2, -0.15) is 0 Å². The van der Waals surface area contributed by atoms with Gasteiger partial charge in [0, 0.05) is 43.1 Å². The molecule has 0 unspecified atom stereocenters. The summed E-state index contributed by atoms with van der Waals surface area (Å²) in [5.74, 6) is 0.211. The van der Waals surface area contributed by atoms with Crippen molar-refractivity contribution in [3.05, 3.63) is 35.0 Å². The Morgan fingerprint density at radius 3 is 2.81 bits per heavy atom. The van der Waals surface area contributed by atoms with E-state index in [1.807, 2.05) is 6.92 Å². The van der Waals surface area contributed by atoms with Crippen LogP contribution in [0.4, 0.5) is 0 Å². The molecule has 0 saturated carbocycles. The van der Waals surface area contributed by atoms with E-state index < -0.39 is 5.60 Å². The lowest BCUT2D eigenvalue weighted by molar-refractivity contribution is -0.0831. The molecular weight excluding hydrogens is 292 g/mol. The van der Waals surface area contributed by atoms with Crippen molar-refractivity contribution in [2.45, 2.75) is 25.4 Å². The van der Waals surface area contributed by atoms with E-state index in [2.05, 4.69) is 0 Å². The third-order valence-corrected chi connectivity index (χ3v) is 4.07. The highest BCUT2D eigenvalue weighted by atomic mass is 35.5. The van der Waals surface area contributed by atoms with Crippen LogP contribution in [0.25, 0.3) is 11.0 Å². The fraction of sp³-hybridized carbons (Fsp3) is 0.438. The van der Waals surface area contributed by atoms with Crippen LogP contribution in [0.5, 0.6) is 0 Å². The fourth-order valence-corrected chi connectivity index (χ4v) is 2.95. The van der Waals surface area contributed by atoms with Gasteiger partial charge in [0.1, 0.15) is 11.2 Å². The maximum absolute atomic E-state index is 12.9. The zero-order valence-corrected chi connectivity index (χ0v) is 12.6. The first-order valence-corrected chi connectivity index (χ1v) is 7.48. The number of fused-ring (bicyclic) bond motifs is 1. The molecule has 4 nitrogen and oxygen atoms in total. The number of Topliss-reactive ketones (excluding diaryl/α,β-unsaturated/α-hetero) is 1. The van der Waals surface area contributed by atoms with Crippen molar-refractivity contribution in [2.24, 2.45) is 0 Å². The summed E-state index contributed by atoms with van der Waals surface area (Å²) < 4.78 is 16.8. The molecule has 0 bridgehead atoms. The van der Waals surface area contributed by atoms with Gasteiger partial charge in [0.05, 0.1) is 0 Å². The number of furan rings is 1. The molecule has 1 aliphatic heterocycles. The van der Waals surface area contributed by atoms with Crippen LogP contribution in [0, 0.1) is 0 Å². The molecule has 112 valence electrons. The quantitative estimate of drug-likeness (QED) is 0.805. The van der Waals surface area contributed by atoms with Crippen molar-refractivity contribution >= 4 is 28.4 Å². The topological polar surface area (TPSA) is 48.7 Å². The Hall–Kier alpha value is -1.36. The molecule has 0 atom stereocenters. The molecule has 2 heterocycles. The van der Waals surface area contributed by atoms with Crippen LogP contribution in [0.15, 0.2) is 28.7 Å². The fourth-order valence-electron chi connectivity index (χ4n) is 2.77. The summed E-state index contributed by atoms with van der Waals surface area (Å²) in [7, 11) is 0. The summed E-state index contributed by atoms with van der Waals surface area (Å²) in [6, 6.07) is 7.04. The summed E-state index contributed by atoms with van der Waals surface area (Å²) in [6.07, 6.45) is 1.11. The second-order valence-electron chi connectivity index (χ2n) is 5.16. The lowest BCUT2D eigenvalue weighted by Crippen LogP contribution is -2.46. The molecule has 3 rings (SSSR count). The van der Waals surface area contributed by atoms with Gasteiger partial charge in [-0.1, -0.05) is 11.6 Å². The number of benzene rings is 1. The number of ether oxygens (including phenoxy) is 2. The maximum atomic E-state index is 12.9. The average molecular weight is 309 g/mol. The summed E-state index contributed by atoms with van der Waals surface area (Å²) in [6.45, 7) is 3.43. The lowest BCUT2D eigenvalue weighted by Gasteiger charge is -2.34. The third kappa shape index (κ3) is 2.71. The van der Waals surface area contributed by atoms with Crippen molar-refractivity contribution in [3.63, 3.8) is 0 Å². The van der Waals surface area contributed by atoms with Gasteiger partial charge >= 0.3 is 0 Å². The van der Waals surface area contributed by atoms with Gasteiger partial charge in [0.15, 0.2) is 5.76 Å². The Bertz CT molecular complexity index is 650. The minimum Gasteiger partial charge on any atom is -0.453 e. The molecular formula is C16H17ClO4. The number of halogens is 1. The Labute approximate surface area is 128 Å². The maximum Gasteiger partial charge on any atom is 0.229 e. The standard InChI is InChI=1S/C16H17ClO4/c1-2-20-16(5-7-19-8-6-16)15(18)14-10-11-9-12(17)3-4-13(11)21-14/h3-4,9-10H,2,5-8H2,1H3. The number of hydrogen-bond donors (Lipinski definition) is 0. The molecule has 1 aromatic heterocycles. The Kier molecular flexibility index (Phi) is 4.02. The second kappa shape index (κ2) is 5.79. The average Bonchev–Trinajstić information content (AvgIpc) is 2.90. The molecule has 1 fully saturated rings. The number of rotatable bonds is 4. The van der Waals surface area contributed by atoms with Crippen molar-refractivity contribution in [2.75, 3.05) is 19.8 Å². The molecule has 0 spiro atoms. The number of ketones is 1. The van der Waals surface area contributed by atoms with Crippen molar-refractivity contribution in [1.82, 2.24) is 0 Å². The van der Waals surface area contributed by atoms with Crippen molar-refractivity contribution in [3.8, 4) is 0 Å². The van der Waals surface area contributed by atoms with Gasteiger partial charge < -0.3 is 13.9 Å². The zero-order chi connectivity index (χ0) is 14.9. The molecule has 1 aliphatic rings. The van der Waals surface area contributed by atoms with Crippen LogP contribution in [0.3, 0.4) is 0 Å². The van der Waals surface area contributed by atoms with Gasteiger partial charge in [-0.25, -0.2) is 0 Å². The normalized spacial score (nSPS) is 18.0. The highest BCUT2D eigenvalue weighted by Crippen LogP contribution is 2.32. The molecule has 1 aromatic carbocycles. The minimum absolute atomic E-state index is 0.111. The minimum atomic E-state index is -0.829. The smallest absolute Gasteiger partial charge is 0.229 e. The van der Waals surface area contributed by atoms with Crippen LogP contribution >= 0.6 is 11.6 Å². The van der Waals surface area contributed by atoms with Crippen LogP contribution in [-0.2, 0) is 9.47 Å². The van der Waals surface area contributed by atoms with Gasteiger partial charge in [0.2, 0.25) is 5.78 Å². The lowest BCUT2D eigenvalue weighted by atomic mass is 9.88. The first kappa shape index (κ1) is 14.6. The molecule has 0 aliphatic carbocycles. The van der Waals surface area contributed by atoms with E-state index in [0.29, 0.717) is 49.0 Å². The largest absolute Gasteiger partial charge is 0.453 e. The van der Waals surface area contributed by atoms with Crippen LogP contribution in [-0.4, -0.2) is 31.2 Å². The van der Waals surface area contributed by atoms with Crippen molar-refractivity contribution < 1.29 is 18.7 Å². The predicted octanol–water partition coefficient (Wildman–Crippen LogP) is 3.85. The van der Waals surface area contributed by atoms with Gasteiger partial charge in [-0.3, -0.25) is 4.79 Å². The van der Waals surface area contributed by atoms with Gasteiger partial charge in [0.25, 0.3) is 0 Å². The number of carbonyl (C=O) groups excluding carboxylic acids is 1. The summed E-state index contributed by atoms with van der Waals surface area (Å²) in [5, 5.41) is 1.44. The van der Waals surface area contributed by atoms with E-state index >= 15 is 0 Å². The molecule has 1 saturated heterocycles. The SMILES string of the molecule is CCOC1(C(=O)c2cc3cc(Cl)ccc3o2)CCOCC1. The van der Waals surface area contributed by atoms with E-state index in [-0.39, 0.29) is 5.78 Å². The van der Waals surface area contributed by atoms with Gasteiger partial charge in [-0.05, 0) is 31.2 Å². The Balaban J connectivity index is 1.97. The number of hydrogen-bond acceptors (Lipinski definition) is 4. The molecule has 5 heteroatoms. The van der Waals surface area contributed by atoms with Crippen LogP contribution < -0.4 is 0 Å². The highest BCUT2D eigenvalue weighted by Gasteiger charge is 2.42. The zero-order valence-electron chi connectivity index (χ0n) is 11.9. The second-order valence-corrected chi connectivity index (χ2v) is 5.60. The van der Waals surface area contributed by atoms with E-state index in [0.717, 1.165) is 5.39 Å². The molecule has 2 aromatic rings. The Morgan fingerprint density at radius 2 is 2.10 bits per heavy atom. The van der Waals surface area contributed by atoms with E-state index in [1.165, 1.54) is 0 Å². The van der Waals surface area contributed by atoms with Crippen LogP contribution in [0.2, 0.25) is 5.02 Å². The monoisotopic (exact) mass is 308 g/mol. The highest BCUT2D eigenvalue weighted by molar-refractivity contribution is 6.31. The van der Waals surface area contributed by atoms with Crippen molar-refractivity contribution in [1.29, 1.82) is 0 Å². The summed E-state index contributed by atoms with van der Waals surface area (Å²) >= 11 is 5.97. The van der Waals surface area contributed by atoms with E-state index in [1.54, 1.807) is 24.3 Å². The first-order valence-electron chi connectivity index (χ1n) is 7.10. The molecule has 0 amide bonds. The molecule has 0 radical (unpaired) electrons. The third-order valence-electron chi connectivity index (χ3n) is 3.84. The summed E-state index contributed by atoms with van der Waals surface area (Å²) in [5.41, 5.74) is -0.175. The van der Waals surface area contributed by atoms with E-state index in [9.17, 15) is 4.79 Å². The Morgan fingerprint density at radius 1 is 1.33 bits per heavy atom. The van der Waals surface area contributed by atoms with Gasteiger partial charge in [-0.15, -0.1) is 0 Å². The van der Waals surface area contributed by atoms with E-state index in [4.69, 9.17) is 25.5 Å².